The molecule has 3 aliphatic rings. The summed E-state index contributed by atoms with van der Waals surface area (Å²) in [5.41, 5.74) is 0.823. The van der Waals surface area contributed by atoms with Gasteiger partial charge in [-0.15, -0.1) is 11.6 Å². The Morgan fingerprint density at radius 1 is 1.37 bits per heavy atom. The highest BCUT2D eigenvalue weighted by molar-refractivity contribution is 7.99. The summed E-state index contributed by atoms with van der Waals surface area (Å²) >= 11 is 8.22. The van der Waals surface area contributed by atoms with Gasteiger partial charge in [-0.3, -0.25) is 4.79 Å². The van der Waals surface area contributed by atoms with Crippen molar-refractivity contribution in [2.24, 2.45) is 5.92 Å². The number of carbonyl (C=O) groups excluding carboxylic acids is 1. The maximum absolute atomic E-state index is 12.4. The van der Waals surface area contributed by atoms with Crippen LogP contribution in [0.4, 0.5) is 0 Å². The van der Waals surface area contributed by atoms with Crippen LogP contribution >= 0.6 is 23.4 Å². The molecule has 2 heterocycles. The highest BCUT2D eigenvalue weighted by Crippen LogP contribution is 2.30. The second kappa shape index (κ2) is 5.96. The van der Waals surface area contributed by atoms with E-state index >= 15 is 0 Å². The predicted octanol–water partition coefficient (Wildman–Crippen LogP) is 2.56. The van der Waals surface area contributed by atoms with Crippen molar-refractivity contribution in [2.75, 3.05) is 18.2 Å². The average Bonchev–Trinajstić information content (AvgIpc) is 3.01. The number of amides is 1. The van der Waals surface area contributed by atoms with Gasteiger partial charge in [-0.2, -0.15) is 11.8 Å². The summed E-state index contributed by atoms with van der Waals surface area (Å²) in [5, 5.41) is 3.52. The van der Waals surface area contributed by atoms with E-state index in [9.17, 15) is 4.79 Å². The van der Waals surface area contributed by atoms with Gasteiger partial charge in [-0.05, 0) is 49.5 Å². The van der Waals surface area contributed by atoms with Crippen LogP contribution in [0.3, 0.4) is 0 Å². The molecule has 106 valence electrons. The first kappa shape index (κ1) is 13.6. The van der Waals surface area contributed by atoms with Gasteiger partial charge in [0.05, 0.1) is 12.4 Å². The van der Waals surface area contributed by atoms with Crippen LogP contribution in [0, 0.1) is 5.92 Å². The lowest BCUT2D eigenvalue weighted by Crippen LogP contribution is -2.40. The van der Waals surface area contributed by atoms with E-state index in [1.807, 2.05) is 16.7 Å². The molecule has 19 heavy (non-hydrogen) atoms. The average molecular weight is 301 g/mol. The Morgan fingerprint density at radius 3 is 3.00 bits per heavy atom. The van der Waals surface area contributed by atoms with Gasteiger partial charge in [0.25, 0.3) is 5.91 Å². The zero-order chi connectivity index (χ0) is 13.2. The van der Waals surface area contributed by atoms with E-state index < -0.39 is 0 Å². The van der Waals surface area contributed by atoms with Crippen LogP contribution in [-0.4, -0.2) is 40.4 Å². The second-order valence-corrected chi connectivity index (χ2v) is 7.50. The van der Waals surface area contributed by atoms with Crippen LogP contribution in [0.15, 0.2) is 11.8 Å². The smallest absolute Gasteiger partial charge is 0.271 e. The van der Waals surface area contributed by atoms with Gasteiger partial charge in [-0.25, -0.2) is 0 Å². The van der Waals surface area contributed by atoms with Crippen molar-refractivity contribution in [3.63, 3.8) is 0 Å². The van der Waals surface area contributed by atoms with E-state index in [1.165, 1.54) is 12.2 Å². The number of allylic oxidation sites excluding steroid dienone is 1. The molecule has 2 saturated heterocycles. The molecule has 3 rings (SSSR count). The minimum atomic E-state index is 0.188. The molecule has 0 radical (unpaired) electrons. The number of nitrogens with zero attached hydrogens (tertiary/aromatic N) is 1. The molecular weight excluding hydrogens is 280 g/mol. The minimum absolute atomic E-state index is 0.188. The third-order valence-electron chi connectivity index (χ3n) is 4.32. The highest BCUT2D eigenvalue weighted by atomic mass is 35.5. The first-order valence-electron chi connectivity index (χ1n) is 7.22. The normalized spacial score (nSPS) is 37.9. The van der Waals surface area contributed by atoms with Crippen molar-refractivity contribution in [1.82, 2.24) is 10.2 Å². The Kier molecular flexibility index (Phi) is 4.27. The lowest BCUT2D eigenvalue weighted by atomic mass is 9.94. The van der Waals surface area contributed by atoms with Gasteiger partial charge in [0.1, 0.15) is 0 Å². The topological polar surface area (TPSA) is 32.3 Å². The molecule has 5 heteroatoms. The van der Waals surface area contributed by atoms with Crippen LogP contribution in [0.25, 0.3) is 0 Å². The molecule has 0 spiro atoms. The van der Waals surface area contributed by atoms with Crippen molar-refractivity contribution in [3.8, 4) is 0 Å². The third-order valence-corrected chi connectivity index (χ3v) is 5.91. The fraction of sp³-hybridized carbons (Fsp3) is 0.786. The fourth-order valence-corrected chi connectivity index (χ4v) is 4.77. The van der Waals surface area contributed by atoms with Crippen LogP contribution in [-0.2, 0) is 4.79 Å². The summed E-state index contributed by atoms with van der Waals surface area (Å²) in [6.45, 7) is 0.665. The van der Waals surface area contributed by atoms with Gasteiger partial charge in [0.15, 0.2) is 0 Å². The first-order chi connectivity index (χ1) is 9.24. The van der Waals surface area contributed by atoms with Gasteiger partial charge >= 0.3 is 0 Å². The summed E-state index contributed by atoms with van der Waals surface area (Å²) in [6.07, 6.45) is 7.64. The molecule has 3 unspecified atom stereocenters. The fourth-order valence-electron chi connectivity index (χ4n) is 3.21. The first-order valence-corrected chi connectivity index (χ1v) is 8.81. The van der Waals surface area contributed by atoms with Crippen LogP contribution < -0.4 is 5.32 Å². The molecule has 3 fully saturated rings. The van der Waals surface area contributed by atoms with Crippen molar-refractivity contribution < 1.29 is 4.79 Å². The maximum atomic E-state index is 12.4. The Balaban J connectivity index is 1.64. The van der Waals surface area contributed by atoms with Crippen LogP contribution in [0.5, 0.6) is 0 Å². The lowest BCUT2D eigenvalue weighted by molar-refractivity contribution is -0.127. The summed E-state index contributed by atoms with van der Waals surface area (Å²) in [6, 6.07) is 0.333. The maximum Gasteiger partial charge on any atom is 0.271 e. The van der Waals surface area contributed by atoms with E-state index in [0.29, 0.717) is 18.6 Å². The lowest BCUT2D eigenvalue weighted by Gasteiger charge is -2.32. The third kappa shape index (κ3) is 3.05. The largest absolute Gasteiger partial charge is 0.363 e. The van der Waals surface area contributed by atoms with Crippen molar-refractivity contribution in [3.05, 3.63) is 11.8 Å². The summed E-state index contributed by atoms with van der Waals surface area (Å²) < 4.78 is 0. The number of hydrogen-bond donors (Lipinski definition) is 1. The van der Waals surface area contributed by atoms with Gasteiger partial charge in [0.2, 0.25) is 0 Å². The molecule has 0 aromatic carbocycles. The van der Waals surface area contributed by atoms with E-state index in [0.717, 1.165) is 37.1 Å². The Hall–Kier alpha value is -0.350. The molecular formula is C14H21ClN2OS. The Labute approximate surface area is 124 Å². The minimum Gasteiger partial charge on any atom is -0.363 e. The van der Waals surface area contributed by atoms with E-state index in [2.05, 4.69) is 11.4 Å². The van der Waals surface area contributed by atoms with Crippen LogP contribution in [0.1, 0.15) is 32.1 Å². The monoisotopic (exact) mass is 300 g/mol. The SMILES string of the molecule is O=C1/C(=C/C2CCSC2)NCN1C1CCCC(Cl)C1. The van der Waals surface area contributed by atoms with E-state index in [4.69, 9.17) is 11.6 Å². The molecule has 1 N–H and O–H groups in total. The highest BCUT2D eigenvalue weighted by Gasteiger charge is 2.34. The molecule has 1 saturated carbocycles. The molecule has 1 amide bonds. The van der Waals surface area contributed by atoms with Crippen molar-refractivity contribution in [2.45, 2.75) is 43.5 Å². The number of thioether (sulfide) groups is 1. The second-order valence-electron chi connectivity index (χ2n) is 5.73. The zero-order valence-corrected chi connectivity index (χ0v) is 12.7. The Bertz CT molecular complexity index is 382. The van der Waals surface area contributed by atoms with E-state index in [-0.39, 0.29) is 11.3 Å². The standard InChI is InChI=1S/C14H21ClN2OS/c15-11-2-1-3-12(7-11)17-9-16-13(14(17)18)6-10-4-5-19-8-10/h6,10-12,16H,1-5,7-9H2/b13-6-. The van der Waals surface area contributed by atoms with Gasteiger partial charge in [0, 0.05) is 11.4 Å². The molecule has 0 aromatic rings. The number of nitrogens with one attached hydrogen (secondary N) is 1. The Morgan fingerprint density at radius 2 is 2.26 bits per heavy atom. The summed E-state index contributed by atoms with van der Waals surface area (Å²) in [7, 11) is 0. The molecule has 0 bridgehead atoms. The summed E-state index contributed by atoms with van der Waals surface area (Å²) in [4.78, 5) is 14.4. The van der Waals surface area contributed by atoms with E-state index in [1.54, 1.807) is 0 Å². The zero-order valence-electron chi connectivity index (χ0n) is 11.1. The number of carbonyl (C=O) groups is 1. The molecule has 3 atom stereocenters. The molecule has 0 aromatic heterocycles. The number of halogens is 1. The van der Waals surface area contributed by atoms with Crippen molar-refractivity contribution in [1.29, 1.82) is 0 Å². The molecule has 2 aliphatic heterocycles. The van der Waals surface area contributed by atoms with Crippen LogP contribution in [0.2, 0.25) is 0 Å². The predicted molar refractivity (Wildman–Crippen MR) is 80.3 cm³/mol. The number of hydrogen-bond acceptors (Lipinski definition) is 3. The molecule has 3 nitrogen and oxygen atoms in total. The quantitative estimate of drug-likeness (QED) is 0.628. The van der Waals surface area contributed by atoms with Gasteiger partial charge in [-0.1, -0.05) is 6.08 Å². The summed E-state index contributed by atoms with van der Waals surface area (Å²) in [5.74, 6) is 3.14. The number of alkyl halides is 1. The number of rotatable bonds is 2. The molecule has 1 aliphatic carbocycles. The van der Waals surface area contributed by atoms with Crippen molar-refractivity contribution >= 4 is 29.3 Å². The van der Waals surface area contributed by atoms with Gasteiger partial charge < -0.3 is 10.2 Å².